The maximum atomic E-state index is 5.46. The molecule has 0 aliphatic heterocycles. The zero-order valence-corrected chi connectivity index (χ0v) is 18.9. The van der Waals surface area contributed by atoms with E-state index in [1.54, 1.807) is 23.1 Å². The Balaban J connectivity index is 1.32. The van der Waals surface area contributed by atoms with Gasteiger partial charge in [0.2, 0.25) is 11.7 Å². The molecule has 0 saturated heterocycles. The van der Waals surface area contributed by atoms with Crippen molar-refractivity contribution in [2.24, 2.45) is 0 Å². The molecule has 6 nitrogen and oxygen atoms in total. The second kappa shape index (κ2) is 9.93. The van der Waals surface area contributed by atoms with Gasteiger partial charge in [-0.15, -0.1) is 21.5 Å². The van der Waals surface area contributed by atoms with Gasteiger partial charge in [0.1, 0.15) is 5.82 Å². The smallest absolute Gasteiger partial charge is 0.237 e. The molecule has 160 valence electrons. The number of aryl methyl sites for hydroxylation is 1. The molecule has 0 saturated carbocycles. The monoisotopic (exact) mass is 459 g/mol. The van der Waals surface area contributed by atoms with E-state index in [9.17, 15) is 0 Å². The first kappa shape index (κ1) is 20.7. The molecule has 3 aromatic heterocycles. The molecule has 2 aromatic carbocycles. The zero-order chi connectivity index (χ0) is 21.6. The van der Waals surface area contributed by atoms with E-state index in [-0.39, 0.29) is 0 Å². The van der Waals surface area contributed by atoms with Gasteiger partial charge >= 0.3 is 0 Å². The lowest BCUT2D eigenvalue weighted by Crippen LogP contribution is -2.08. The molecule has 0 aliphatic carbocycles. The molecule has 0 radical (unpaired) electrons. The van der Waals surface area contributed by atoms with Crippen LogP contribution in [-0.2, 0) is 25.1 Å². The highest BCUT2D eigenvalue weighted by Gasteiger charge is 2.16. The summed E-state index contributed by atoms with van der Waals surface area (Å²) >= 11 is 3.31. The summed E-state index contributed by atoms with van der Waals surface area (Å²) in [6, 6.07) is 24.5. The Kier molecular flexibility index (Phi) is 6.41. The molecule has 5 aromatic rings. The third-order valence-corrected chi connectivity index (χ3v) is 6.83. The minimum Gasteiger partial charge on any atom is -0.338 e. The molecule has 32 heavy (non-hydrogen) atoms. The molecule has 0 atom stereocenters. The highest BCUT2D eigenvalue weighted by atomic mass is 32.2. The van der Waals surface area contributed by atoms with E-state index in [0.29, 0.717) is 17.5 Å². The van der Waals surface area contributed by atoms with E-state index in [1.807, 2.05) is 36.4 Å². The molecule has 5 rings (SSSR count). The van der Waals surface area contributed by atoms with Crippen LogP contribution in [0.15, 0.2) is 87.9 Å². The van der Waals surface area contributed by atoms with Crippen molar-refractivity contribution in [3.8, 4) is 11.4 Å². The predicted octanol–water partition coefficient (Wildman–Crippen LogP) is 5.52. The van der Waals surface area contributed by atoms with Gasteiger partial charge in [-0.2, -0.15) is 4.98 Å². The van der Waals surface area contributed by atoms with Gasteiger partial charge < -0.3 is 9.09 Å². The van der Waals surface area contributed by atoms with Crippen LogP contribution in [0.1, 0.15) is 22.2 Å². The lowest BCUT2D eigenvalue weighted by atomic mass is 10.1. The number of hydrogen-bond acceptors (Lipinski definition) is 7. The standard InChI is InChI=1S/C24H21N5OS2/c1-3-8-18(9-4-1)13-14-29-21(16-20-12-7-15-31-20)26-27-24(29)32-17-22-25-23(28-30-22)19-10-5-2-6-11-19/h1-12,15H,13-14,16-17H2. The van der Waals surface area contributed by atoms with Crippen LogP contribution in [0.25, 0.3) is 11.4 Å². The average molecular weight is 460 g/mol. The van der Waals surface area contributed by atoms with Crippen LogP contribution in [0.2, 0.25) is 0 Å². The molecular formula is C24H21N5OS2. The van der Waals surface area contributed by atoms with Crippen molar-refractivity contribution in [3.63, 3.8) is 0 Å². The summed E-state index contributed by atoms with van der Waals surface area (Å²) in [5.74, 6) is 2.69. The fraction of sp³-hybridized carbons (Fsp3) is 0.167. The molecule has 0 fully saturated rings. The number of hydrogen-bond donors (Lipinski definition) is 0. The van der Waals surface area contributed by atoms with Crippen LogP contribution in [0.5, 0.6) is 0 Å². The summed E-state index contributed by atoms with van der Waals surface area (Å²) in [6.07, 6.45) is 1.70. The Morgan fingerprint density at radius 3 is 2.50 bits per heavy atom. The first-order valence-electron chi connectivity index (χ1n) is 10.3. The van der Waals surface area contributed by atoms with Gasteiger partial charge in [0.15, 0.2) is 5.16 Å². The van der Waals surface area contributed by atoms with Crippen LogP contribution < -0.4 is 0 Å². The van der Waals surface area contributed by atoms with Gasteiger partial charge in [0.05, 0.1) is 5.75 Å². The van der Waals surface area contributed by atoms with Crippen molar-refractivity contribution in [2.75, 3.05) is 0 Å². The minimum absolute atomic E-state index is 0.544. The number of rotatable bonds is 9. The summed E-state index contributed by atoms with van der Waals surface area (Å²) in [6.45, 7) is 0.819. The maximum Gasteiger partial charge on any atom is 0.237 e. The molecule has 0 N–H and O–H groups in total. The maximum absolute atomic E-state index is 5.46. The van der Waals surface area contributed by atoms with E-state index >= 15 is 0 Å². The Hall–Kier alpha value is -3.23. The number of thioether (sulfide) groups is 1. The van der Waals surface area contributed by atoms with Crippen molar-refractivity contribution in [2.45, 2.75) is 30.3 Å². The Morgan fingerprint density at radius 2 is 1.72 bits per heavy atom. The molecular weight excluding hydrogens is 438 g/mol. The van der Waals surface area contributed by atoms with Gasteiger partial charge in [-0.25, -0.2) is 0 Å². The first-order valence-corrected chi connectivity index (χ1v) is 12.2. The number of aromatic nitrogens is 5. The third kappa shape index (κ3) is 4.98. The summed E-state index contributed by atoms with van der Waals surface area (Å²) in [4.78, 5) is 5.81. The molecule has 0 unspecified atom stereocenters. The molecule has 8 heteroatoms. The lowest BCUT2D eigenvalue weighted by molar-refractivity contribution is 0.391. The van der Waals surface area contributed by atoms with E-state index in [2.05, 4.69) is 66.7 Å². The van der Waals surface area contributed by atoms with Crippen LogP contribution in [0, 0.1) is 0 Å². The topological polar surface area (TPSA) is 69.6 Å². The van der Waals surface area contributed by atoms with Crippen molar-refractivity contribution >= 4 is 23.1 Å². The average Bonchev–Trinajstić information content (AvgIpc) is 3.60. The van der Waals surface area contributed by atoms with Crippen LogP contribution in [-0.4, -0.2) is 24.9 Å². The van der Waals surface area contributed by atoms with Gasteiger partial charge in [-0.3, -0.25) is 0 Å². The van der Waals surface area contributed by atoms with E-state index < -0.39 is 0 Å². The van der Waals surface area contributed by atoms with Crippen LogP contribution in [0.4, 0.5) is 0 Å². The lowest BCUT2D eigenvalue weighted by Gasteiger charge is -2.09. The predicted molar refractivity (Wildman–Crippen MR) is 127 cm³/mol. The molecule has 0 spiro atoms. The minimum atomic E-state index is 0.544. The Labute approximate surface area is 194 Å². The first-order chi connectivity index (χ1) is 15.8. The summed E-state index contributed by atoms with van der Waals surface area (Å²) in [5, 5.41) is 16.1. The number of thiophene rings is 1. The summed E-state index contributed by atoms with van der Waals surface area (Å²) in [7, 11) is 0. The van der Waals surface area contributed by atoms with Gasteiger partial charge in [0, 0.05) is 23.4 Å². The molecule has 0 amide bonds. The second-order valence-electron chi connectivity index (χ2n) is 7.21. The second-order valence-corrected chi connectivity index (χ2v) is 9.18. The third-order valence-electron chi connectivity index (χ3n) is 5.00. The van der Waals surface area contributed by atoms with Crippen molar-refractivity contribution in [3.05, 3.63) is 100 Å². The summed E-state index contributed by atoms with van der Waals surface area (Å²) in [5.41, 5.74) is 2.24. The Bertz CT molecular complexity index is 1250. The van der Waals surface area contributed by atoms with Gasteiger partial charge in [0.25, 0.3) is 0 Å². The van der Waals surface area contributed by atoms with Crippen LogP contribution in [0.3, 0.4) is 0 Å². The fourth-order valence-electron chi connectivity index (χ4n) is 3.38. The van der Waals surface area contributed by atoms with E-state index in [0.717, 1.165) is 35.9 Å². The van der Waals surface area contributed by atoms with E-state index in [1.165, 1.54) is 10.4 Å². The van der Waals surface area contributed by atoms with Crippen molar-refractivity contribution in [1.82, 2.24) is 24.9 Å². The highest BCUT2D eigenvalue weighted by Crippen LogP contribution is 2.25. The fourth-order valence-corrected chi connectivity index (χ4v) is 4.90. The quantitative estimate of drug-likeness (QED) is 0.271. The Morgan fingerprint density at radius 1 is 0.906 bits per heavy atom. The number of nitrogens with zero attached hydrogens (tertiary/aromatic N) is 5. The van der Waals surface area contributed by atoms with Crippen molar-refractivity contribution in [1.29, 1.82) is 0 Å². The highest BCUT2D eigenvalue weighted by molar-refractivity contribution is 7.98. The normalized spacial score (nSPS) is 11.1. The molecule has 0 aliphatic rings. The van der Waals surface area contributed by atoms with Crippen molar-refractivity contribution < 1.29 is 4.52 Å². The van der Waals surface area contributed by atoms with Gasteiger partial charge in [-0.1, -0.05) is 83.6 Å². The largest absolute Gasteiger partial charge is 0.338 e. The molecule has 0 bridgehead atoms. The summed E-state index contributed by atoms with van der Waals surface area (Å²) < 4.78 is 7.68. The van der Waals surface area contributed by atoms with Crippen LogP contribution >= 0.6 is 23.1 Å². The van der Waals surface area contributed by atoms with E-state index in [4.69, 9.17) is 4.52 Å². The molecule has 3 heterocycles. The van der Waals surface area contributed by atoms with Gasteiger partial charge in [-0.05, 0) is 23.4 Å². The SMILES string of the molecule is c1ccc(CCn2c(Cc3cccs3)nnc2SCc2nc(-c3ccccc3)no2)cc1. The number of benzene rings is 2. The zero-order valence-electron chi connectivity index (χ0n) is 17.3.